The van der Waals surface area contributed by atoms with Crippen LogP contribution in [-0.4, -0.2) is 51.2 Å². The largest absolute Gasteiger partial charge is 0.448 e. The summed E-state index contributed by atoms with van der Waals surface area (Å²) in [5.74, 6) is 0. The number of nitrogens with zero attached hydrogens (tertiary/aromatic N) is 3. The number of carbonyl (C=O) groups excluding carboxylic acids is 1. The van der Waals surface area contributed by atoms with Gasteiger partial charge in [0.15, 0.2) is 0 Å². The van der Waals surface area contributed by atoms with E-state index in [4.69, 9.17) is 4.74 Å². The van der Waals surface area contributed by atoms with Crippen molar-refractivity contribution in [3.63, 3.8) is 0 Å². The molecule has 39 heavy (non-hydrogen) atoms. The average molecular weight is 547 g/mol. The van der Waals surface area contributed by atoms with Crippen LogP contribution in [0, 0.1) is 0 Å². The Morgan fingerprint density at radius 3 is 2.21 bits per heavy atom. The lowest BCUT2D eigenvalue weighted by Crippen LogP contribution is -2.39. The molecule has 1 aromatic heterocycles. The number of rotatable bonds is 8. The molecule has 1 amide bonds. The maximum absolute atomic E-state index is 13.1. The number of benzene rings is 3. The molecule has 0 spiro atoms. The standard InChI is InChI=1S/C31H36N4O3.H2S/c1-24(34(21-25-11-4-2-5-12-25)22-26-13-6-3-7-14-26)23-38-31(37)33-19-10-15-27(18-20-33)35-29-17-9-8-16-28(29)32-30(35)36;/h2-9,11-14,16-17,24,27H,10,15,18-23H2,1H3,(H,32,36);1H2/t24-,27?;/m0./s1. The number of aromatic amines is 1. The van der Waals surface area contributed by atoms with Crippen molar-refractivity contribution in [1.29, 1.82) is 0 Å². The summed E-state index contributed by atoms with van der Waals surface area (Å²) in [6, 6.07) is 28.7. The molecular weight excluding hydrogens is 508 g/mol. The zero-order chi connectivity index (χ0) is 26.3. The molecule has 0 radical (unpaired) electrons. The van der Waals surface area contributed by atoms with Crippen LogP contribution in [0.2, 0.25) is 0 Å². The van der Waals surface area contributed by atoms with Gasteiger partial charge in [-0.05, 0) is 49.4 Å². The average Bonchev–Trinajstić information content (AvgIpc) is 3.10. The second kappa shape index (κ2) is 13.5. The van der Waals surface area contributed by atoms with E-state index in [1.165, 1.54) is 11.1 Å². The Morgan fingerprint density at radius 1 is 0.923 bits per heavy atom. The fraction of sp³-hybridized carbons (Fsp3) is 0.355. The van der Waals surface area contributed by atoms with Crippen LogP contribution in [0.5, 0.6) is 0 Å². The van der Waals surface area contributed by atoms with E-state index in [9.17, 15) is 9.59 Å². The molecule has 1 N–H and O–H groups in total. The molecule has 1 aliphatic heterocycles. The van der Waals surface area contributed by atoms with Crippen LogP contribution in [0.4, 0.5) is 4.79 Å². The van der Waals surface area contributed by atoms with Crippen molar-refractivity contribution in [2.75, 3.05) is 19.7 Å². The second-order valence-corrected chi connectivity index (χ2v) is 10.2. The second-order valence-electron chi connectivity index (χ2n) is 10.2. The summed E-state index contributed by atoms with van der Waals surface area (Å²) < 4.78 is 7.70. The van der Waals surface area contributed by atoms with Crippen molar-refractivity contribution in [2.24, 2.45) is 0 Å². The molecule has 7 nitrogen and oxygen atoms in total. The zero-order valence-electron chi connectivity index (χ0n) is 22.5. The summed E-state index contributed by atoms with van der Waals surface area (Å²) in [4.78, 5) is 32.8. The van der Waals surface area contributed by atoms with E-state index in [0.29, 0.717) is 19.7 Å². The van der Waals surface area contributed by atoms with Crippen molar-refractivity contribution in [2.45, 2.75) is 51.4 Å². The summed E-state index contributed by atoms with van der Waals surface area (Å²) in [6.07, 6.45) is 2.13. The molecule has 8 heteroatoms. The number of H-pyrrole nitrogens is 1. The lowest BCUT2D eigenvalue weighted by atomic mass is 10.1. The van der Waals surface area contributed by atoms with E-state index in [0.717, 1.165) is 43.4 Å². The van der Waals surface area contributed by atoms with Gasteiger partial charge in [0.1, 0.15) is 6.61 Å². The first-order valence-electron chi connectivity index (χ1n) is 13.5. The molecule has 1 unspecified atom stereocenters. The highest BCUT2D eigenvalue weighted by molar-refractivity contribution is 7.59. The number of amides is 1. The fourth-order valence-corrected chi connectivity index (χ4v) is 5.35. The molecule has 2 atom stereocenters. The van der Waals surface area contributed by atoms with Crippen molar-refractivity contribution in [1.82, 2.24) is 19.4 Å². The van der Waals surface area contributed by atoms with Crippen LogP contribution >= 0.6 is 13.5 Å². The number of hydrogen-bond donors (Lipinski definition) is 1. The highest BCUT2D eigenvalue weighted by Crippen LogP contribution is 2.25. The quantitative estimate of drug-likeness (QED) is 0.308. The van der Waals surface area contributed by atoms with Crippen LogP contribution in [0.1, 0.15) is 43.4 Å². The molecule has 0 saturated carbocycles. The third-order valence-corrected chi connectivity index (χ3v) is 7.47. The Balaban J connectivity index is 0.00000353. The van der Waals surface area contributed by atoms with Gasteiger partial charge in [0.05, 0.1) is 11.0 Å². The van der Waals surface area contributed by atoms with E-state index >= 15 is 0 Å². The Bertz CT molecular complexity index is 1350. The molecule has 5 rings (SSSR count). The van der Waals surface area contributed by atoms with Gasteiger partial charge in [-0.2, -0.15) is 13.5 Å². The van der Waals surface area contributed by atoms with Gasteiger partial charge >= 0.3 is 11.8 Å². The first-order chi connectivity index (χ1) is 18.6. The fourth-order valence-electron chi connectivity index (χ4n) is 5.35. The Hall–Kier alpha value is -3.49. The van der Waals surface area contributed by atoms with E-state index in [1.54, 1.807) is 4.90 Å². The van der Waals surface area contributed by atoms with Gasteiger partial charge in [-0.25, -0.2) is 9.59 Å². The molecule has 4 aromatic rings. The monoisotopic (exact) mass is 546 g/mol. The number of nitrogens with one attached hydrogen (secondary N) is 1. The molecule has 1 aliphatic rings. The summed E-state index contributed by atoms with van der Waals surface area (Å²) >= 11 is 0. The van der Waals surface area contributed by atoms with Crippen LogP contribution in [0.25, 0.3) is 11.0 Å². The maximum atomic E-state index is 13.1. The van der Waals surface area contributed by atoms with Gasteiger partial charge in [0.25, 0.3) is 0 Å². The Kier molecular flexibility index (Phi) is 9.90. The van der Waals surface area contributed by atoms with Crippen molar-refractivity contribution >= 4 is 30.6 Å². The van der Waals surface area contributed by atoms with E-state index in [-0.39, 0.29) is 37.4 Å². The summed E-state index contributed by atoms with van der Waals surface area (Å²) in [5.41, 5.74) is 4.14. The Labute approximate surface area is 236 Å². The minimum atomic E-state index is -0.275. The number of likely N-dealkylation sites (tertiary alicyclic amines) is 1. The summed E-state index contributed by atoms with van der Waals surface area (Å²) in [6.45, 7) is 5.19. The minimum absolute atomic E-state index is 0. The highest BCUT2D eigenvalue weighted by Gasteiger charge is 2.25. The number of para-hydroxylation sites is 2. The predicted molar refractivity (Wildman–Crippen MR) is 160 cm³/mol. The molecule has 0 bridgehead atoms. The van der Waals surface area contributed by atoms with Gasteiger partial charge in [-0.1, -0.05) is 72.8 Å². The first kappa shape index (κ1) is 28.5. The van der Waals surface area contributed by atoms with Gasteiger partial charge in [0.2, 0.25) is 0 Å². The highest BCUT2D eigenvalue weighted by atomic mass is 32.1. The zero-order valence-corrected chi connectivity index (χ0v) is 23.5. The number of imidazole rings is 1. The molecule has 3 aromatic carbocycles. The number of hydrogen-bond acceptors (Lipinski definition) is 4. The normalized spacial score (nSPS) is 16.5. The van der Waals surface area contributed by atoms with Crippen molar-refractivity contribution in [3.8, 4) is 0 Å². The van der Waals surface area contributed by atoms with Crippen LogP contribution < -0.4 is 5.69 Å². The van der Waals surface area contributed by atoms with E-state index < -0.39 is 0 Å². The molecule has 206 valence electrons. The van der Waals surface area contributed by atoms with Gasteiger partial charge in [-0.3, -0.25) is 9.47 Å². The topological polar surface area (TPSA) is 70.6 Å². The van der Waals surface area contributed by atoms with E-state index in [2.05, 4.69) is 65.3 Å². The van der Waals surface area contributed by atoms with Crippen LogP contribution in [-0.2, 0) is 17.8 Å². The van der Waals surface area contributed by atoms with Gasteiger partial charge in [-0.15, -0.1) is 0 Å². The SMILES string of the molecule is C[C@@H](COC(=O)N1CCCC(n2c(=O)[nH]c3ccccc32)CC1)N(Cc1ccccc1)Cc1ccccc1.S. The van der Waals surface area contributed by atoms with Crippen LogP contribution in [0.15, 0.2) is 89.7 Å². The molecule has 0 aliphatic carbocycles. The van der Waals surface area contributed by atoms with Crippen molar-refractivity contribution in [3.05, 3.63) is 107 Å². The number of ether oxygens (including phenoxy) is 1. The summed E-state index contributed by atoms with van der Waals surface area (Å²) in [7, 11) is 0. The number of aromatic nitrogens is 2. The smallest absolute Gasteiger partial charge is 0.409 e. The molecule has 1 fully saturated rings. The molecule has 1 saturated heterocycles. The number of carbonyl (C=O) groups is 1. The number of fused-ring (bicyclic) bond motifs is 1. The van der Waals surface area contributed by atoms with Crippen LogP contribution in [0.3, 0.4) is 0 Å². The van der Waals surface area contributed by atoms with Gasteiger partial charge in [0, 0.05) is 38.3 Å². The lowest BCUT2D eigenvalue weighted by Gasteiger charge is -2.30. The third-order valence-electron chi connectivity index (χ3n) is 7.47. The summed E-state index contributed by atoms with van der Waals surface area (Å²) in [5, 5.41) is 0. The van der Waals surface area contributed by atoms with Gasteiger partial charge < -0.3 is 14.6 Å². The maximum Gasteiger partial charge on any atom is 0.409 e. The Morgan fingerprint density at radius 2 is 1.54 bits per heavy atom. The first-order valence-corrected chi connectivity index (χ1v) is 13.5. The third kappa shape index (κ3) is 7.13. The molecular formula is C31H38N4O3S. The minimum Gasteiger partial charge on any atom is -0.448 e. The molecule has 2 heterocycles. The predicted octanol–water partition coefficient (Wildman–Crippen LogP) is 5.70. The lowest BCUT2D eigenvalue weighted by molar-refractivity contribution is 0.0646. The van der Waals surface area contributed by atoms with E-state index in [1.807, 2.05) is 41.0 Å². The van der Waals surface area contributed by atoms with Crippen molar-refractivity contribution < 1.29 is 9.53 Å².